The summed E-state index contributed by atoms with van der Waals surface area (Å²) in [5.41, 5.74) is 5.93. The highest BCUT2D eigenvalue weighted by atomic mass is 15.2. The van der Waals surface area contributed by atoms with Crippen LogP contribution in [-0.4, -0.2) is 35.9 Å². The van der Waals surface area contributed by atoms with Gasteiger partial charge in [-0.2, -0.15) is 0 Å². The summed E-state index contributed by atoms with van der Waals surface area (Å²) >= 11 is 0. The van der Waals surface area contributed by atoms with Crippen molar-refractivity contribution in [3.8, 4) is 0 Å². The summed E-state index contributed by atoms with van der Waals surface area (Å²) in [5.74, 6) is 0.783. The Kier molecular flexibility index (Phi) is 3.20. The van der Waals surface area contributed by atoms with Gasteiger partial charge in [-0.05, 0) is 13.8 Å². The largest absolute Gasteiger partial charge is 0.387 e. The van der Waals surface area contributed by atoms with Crippen molar-refractivity contribution in [3.63, 3.8) is 0 Å². The van der Waals surface area contributed by atoms with Crippen molar-refractivity contribution in [2.45, 2.75) is 46.7 Å². The maximum absolute atomic E-state index is 5.91. The molecule has 0 atom stereocenters. The van der Waals surface area contributed by atoms with Crippen molar-refractivity contribution in [2.75, 3.05) is 13.1 Å². The molecule has 1 saturated heterocycles. The van der Waals surface area contributed by atoms with Crippen molar-refractivity contribution in [3.05, 3.63) is 0 Å². The highest BCUT2D eigenvalue weighted by Gasteiger charge is 2.29. The van der Waals surface area contributed by atoms with E-state index in [4.69, 9.17) is 5.73 Å². The molecule has 0 aromatic rings. The Hall–Kier alpha value is -0.570. The first-order valence-electron chi connectivity index (χ1n) is 5.38. The summed E-state index contributed by atoms with van der Waals surface area (Å²) in [6, 6.07) is 1.06. The van der Waals surface area contributed by atoms with Crippen molar-refractivity contribution in [2.24, 2.45) is 16.1 Å². The Morgan fingerprint density at radius 2 is 1.86 bits per heavy atom. The molecule has 2 N–H and O–H groups in total. The second-order valence-corrected chi connectivity index (χ2v) is 5.47. The number of likely N-dealkylation sites (tertiary alicyclic amines) is 1. The molecule has 82 valence electrons. The zero-order valence-corrected chi connectivity index (χ0v) is 10.0. The van der Waals surface area contributed by atoms with Gasteiger partial charge in [0.2, 0.25) is 0 Å². The summed E-state index contributed by atoms with van der Waals surface area (Å²) in [5, 5.41) is 0. The number of rotatable bonds is 2. The molecule has 1 aliphatic rings. The van der Waals surface area contributed by atoms with Crippen LogP contribution < -0.4 is 5.73 Å². The molecule has 1 fully saturated rings. The van der Waals surface area contributed by atoms with Gasteiger partial charge in [-0.1, -0.05) is 20.8 Å². The standard InChI is InChI=1S/C11H23N3/c1-8(2)14-6-9(7-14)13-10(12)11(3,4)5/h8-9H,6-7H2,1-5H3,(H2,12,13). The van der Waals surface area contributed by atoms with E-state index in [1.165, 1.54) is 0 Å². The molecule has 0 radical (unpaired) electrons. The molecule has 0 aromatic carbocycles. The molecule has 1 aliphatic heterocycles. The molecular formula is C11H23N3. The van der Waals surface area contributed by atoms with Crippen LogP contribution in [-0.2, 0) is 0 Å². The Balaban J connectivity index is 2.42. The van der Waals surface area contributed by atoms with E-state index in [9.17, 15) is 0 Å². The average molecular weight is 197 g/mol. The molecule has 3 nitrogen and oxygen atoms in total. The van der Waals surface area contributed by atoms with Crippen LogP contribution in [0, 0.1) is 5.41 Å². The minimum absolute atomic E-state index is 0.0122. The molecule has 1 heterocycles. The van der Waals surface area contributed by atoms with Gasteiger partial charge >= 0.3 is 0 Å². The Morgan fingerprint density at radius 3 is 2.21 bits per heavy atom. The molecule has 0 unspecified atom stereocenters. The van der Waals surface area contributed by atoms with Gasteiger partial charge in [-0.3, -0.25) is 9.89 Å². The number of amidine groups is 1. The highest BCUT2D eigenvalue weighted by Crippen LogP contribution is 2.18. The second kappa shape index (κ2) is 3.89. The second-order valence-electron chi connectivity index (χ2n) is 5.47. The van der Waals surface area contributed by atoms with Crippen LogP contribution in [0.4, 0.5) is 0 Å². The van der Waals surface area contributed by atoms with E-state index in [1.807, 2.05) is 0 Å². The SMILES string of the molecule is CC(C)N1CC(N=C(N)C(C)(C)C)C1. The quantitative estimate of drug-likeness (QED) is 0.538. The van der Waals surface area contributed by atoms with Gasteiger partial charge in [0.25, 0.3) is 0 Å². The lowest BCUT2D eigenvalue weighted by molar-refractivity contribution is 0.113. The summed E-state index contributed by atoms with van der Waals surface area (Å²) in [4.78, 5) is 6.95. The van der Waals surface area contributed by atoms with Crippen LogP contribution in [0.15, 0.2) is 4.99 Å². The monoisotopic (exact) mass is 197 g/mol. The van der Waals surface area contributed by atoms with E-state index < -0.39 is 0 Å². The third-order valence-corrected chi connectivity index (χ3v) is 2.71. The van der Waals surface area contributed by atoms with Gasteiger partial charge < -0.3 is 5.73 Å². The summed E-state index contributed by atoms with van der Waals surface area (Å²) in [7, 11) is 0. The summed E-state index contributed by atoms with van der Waals surface area (Å²) < 4.78 is 0. The number of hydrogen-bond donors (Lipinski definition) is 1. The van der Waals surface area contributed by atoms with Crippen LogP contribution in [0.5, 0.6) is 0 Å². The lowest BCUT2D eigenvalue weighted by Crippen LogP contribution is -2.53. The average Bonchev–Trinajstić information content (AvgIpc) is 1.92. The molecule has 0 bridgehead atoms. The smallest absolute Gasteiger partial charge is 0.0995 e. The zero-order chi connectivity index (χ0) is 10.9. The van der Waals surface area contributed by atoms with E-state index >= 15 is 0 Å². The fraction of sp³-hybridized carbons (Fsp3) is 0.909. The third-order valence-electron chi connectivity index (χ3n) is 2.71. The molecule has 0 amide bonds. The Labute approximate surface area is 87.4 Å². The molecule has 1 rings (SSSR count). The minimum atomic E-state index is 0.0122. The number of hydrogen-bond acceptors (Lipinski definition) is 2. The van der Waals surface area contributed by atoms with E-state index in [0.29, 0.717) is 12.1 Å². The first-order chi connectivity index (χ1) is 6.30. The number of aliphatic imine (C=N–C) groups is 1. The fourth-order valence-electron chi connectivity index (χ4n) is 1.38. The lowest BCUT2D eigenvalue weighted by Gasteiger charge is -2.40. The normalized spacial score (nSPS) is 21.4. The van der Waals surface area contributed by atoms with Crippen LogP contribution in [0.3, 0.4) is 0 Å². The fourth-order valence-corrected chi connectivity index (χ4v) is 1.38. The number of nitrogens with zero attached hydrogens (tertiary/aromatic N) is 2. The van der Waals surface area contributed by atoms with Crippen LogP contribution >= 0.6 is 0 Å². The topological polar surface area (TPSA) is 41.6 Å². The van der Waals surface area contributed by atoms with Gasteiger partial charge in [0.1, 0.15) is 0 Å². The summed E-state index contributed by atoms with van der Waals surface area (Å²) in [6.45, 7) is 12.9. The minimum Gasteiger partial charge on any atom is -0.387 e. The van der Waals surface area contributed by atoms with Crippen molar-refractivity contribution < 1.29 is 0 Å². The van der Waals surface area contributed by atoms with Crippen LogP contribution in [0.2, 0.25) is 0 Å². The van der Waals surface area contributed by atoms with E-state index in [0.717, 1.165) is 18.9 Å². The first kappa shape index (κ1) is 11.5. The van der Waals surface area contributed by atoms with Crippen molar-refractivity contribution >= 4 is 5.84 Å². The highest BCUT2D eigenvalue weighted by molar-refractivity contribution is 5.85. The predicted molar refractivity (Wildman–Crippen MR) is 61.6 cm³/mol. The van der Waals surface area contributed by atoms with Gasteiger partial charge in [-0.15, -0.1) is 0 Å². The summed E-state index contributed by atoms with van der Waals surface area (Å²) in [6.07, 6.45) is 0. The Morgan fingerprint density at radius 1 is 1.36 bits per heavy atom. The predicted octanol–water partition coefficient (Wildman–Crippen LogP) is 1.48. The van der Waals surface area contributed by atoms with Crippen molar-refractivity contribution in [1.29, 1.82) is 0 Å². The zero-order valence-electron chi connectivity index (χ0n) is 10.0. The molecular weight excluding hydrogens is 174 g/mol. The van der Waals surface area contributed by atoms with E-state index in [-0.39, 0.29) is 5.41 Å². The van der Waals surface area contributed by atoms with Crippen molar-refractivity contribution in [1.82, 2.24) is 4.90 Å². The molecule has 3 heteroatoms. The first-order valence-corrected chi connectivity index (χ1v) is 5.38. The molecule has 0 spiro atoms. The molecule has 0 saturated carbocycles. The Bertz CT molecular complexity index is 219. The number of nitrogens with two attached hydrogens (primary N) is 1. The van der Waals surface area contributed by atoms with Crippen LogP contribution in [0.25, 0.3) is 0 Å². The third kappa shape index (κ3) is 2.71. The van der Waals surface area contributed by atoms with Gasteiger partial charge in [0.15, 0.2) is 0 Å². The van der Waals surface area contributed by atoms with Gasteiger partial charge in [-0.25, -0.2) is 0 Å². The van der Waals surface area contributed by atoms with Gasteiger partial charge in [0, 0.05) is 24.5 Å². The maximum Gasteiger partial charge on any atom is 0.0995 e. The van der Waals surface area contributed by atoms with Gasteiger partial charge in [0.05, 0.1) is 11.9 Å². The lowest BCUT2D eigenvalue weighted by atomic mass is 9.95. The maximum atomic E-state index is 5.91. The van der Waals surface area contributed by atoms with Crippen LogP contribution in [0.1, 0.15) is 34.6 Å². The molecule has 0 aromatic heterocycles. The molecule has 0 aliphatic carbocycles. The van der Waals surface area contributed by atoms with E-state index in [1.54, 1.807) is 0 Å². The molecule has 14 heavy (non-hydrogen) atoms. The van der Waals surface area contributed by atoms with E-state index in [2.05, 4.69) is 44.5 Å².